The summed E-state index contributed by atoms with van der Waals surface area (Å²) in [5.41, 5.74) is 0.258. The number of ether oxygens (including phenoxy) is 1. The molecule has 0 aromatic heterocycles. The Balaban J connectivity index is 2.46. The fourth-order valence-electron chi connectivity index (χ4n) is 1.33. The molecule has 1 rings (SSSR count). The van der Waals surface area contributed by atoms with Gasteiger partial charge in [0.1, 0.15) is 5.82 Å². The van der Waals surface area contributed by atoms with E-state index in [1.807, 2.05) is 6.92 Å². The molecular weight excluding hydrogens is 225 g/mol. The van der Waals surface area contributed by atoms with Gasteiger partial charge in [-0.25, -0.2) is 9.18 Å². The number of hydrogen-bond donors (Lipinski definition) is 2. The van der Waals surface area contributed by atoms with Crippen LogP contribution in [0.4, 0.5) is 10.1 Å². The fourth-order valence-corrected chi connectivity index (χ4v) is 1.33. The van der Waals surface area contributed by atoms with Crippen molar-refractivity contribution < 1.29 is 19.0 Å². The van der Waals surface area contributed by atoms with E-state index >= 15 is 0 Å². The Morgan fingerprint density at radius 3 is 2.88 bits per heavy atom. The highest BCUT2D eigenvalue weighted by molar-refractivity contribution is 5.88. The molecule has 0 aliphatic heterocycles. The zero-order chi connectivity index (χ0) is 12.7. The number of anilines is 1. The van der Waals surface area contributed by atoms with E-state index in [-0.39, 0.29) is 5.56 Å². The Labute approximate surface area is 99.4 Å². The second kappa shape index (κ2) is 6.85. The molecule has 0 unspecified atom stereocenters. The molecular formula is C12H16FNO3. The zero-order valence-electron chi connectivity index (χ0n) is 9.70. The van der Waals surface area contributed by atoms with Crippen molar-refractivity contribution in [1.82, 2.24) is 0 Å². The first-order valence-corrected chi connectivity index (χ1v) is 5.49. The normalized spacial score (nSPS) is 10.2. The SMILES string of the molecule is CCOCCCNc1ccc(C(=O)O)cc1F. The second-order valence-corrected chi connectivity index (χ2v) is 3.48. The van der Waals surface area contributed by atoms with E-state index in [2.05, 4.69) is 5.32 Å². The molecule has 17 heavy (non-hydrogen) atoms. The summed E-state index contributed by atoms with van der Waals surface area (Å²) in [5, 5.41) is 11.6. The van der Waals surface area contributed by atoms with Crippen LogP contribution in [0, 0.1) is 5.82 Å². The molecule has 0 fully saturated rings. The first-order chi connectivity index (χ1) is 8.15. The standard InChI is InChI=1S/C12H16FNO3/c1-2-17-7-3-6-14-11-5-4-9(12(15)16)8-10(11)13/h4-5,8,14H,2-3,6-7H2,1H3,(H,15,16). The number of aromatic carboxylic acids is 1. The molecule has 0 saturated heterocycles. The summed E-state index contributed by atoms with van der Waals surface area (Å²) in [7, 11) is 0. The van der Waals surface area contributed by atoms with E-state index in [1.54, 1.807) is 0 Å². The van der Waals surface area contributed by atoms with Crippen LogP contribution in [0.2, 0.25) is 0 Å². The predicted octanol–water partition coefficient (Wildman–Crippen LogP) is 2.36. The molecule has 4 nitrogen and oxygen atoms in total. The molecule has 0 radical (unpaired) electrons. The number of halogens is 1. The molecule has 0 heterocycles. The summed E-state index contributed by atoms with van der Waals surface area (Å²) in [6, 6.07) is 3.81. The molecule has 0 atom stereocenters. The first kappa shape index (κ1) is 13.4. The van der Waals surface area contributed by atoms with Crippen molar-refractivity contribution in [1.29, 1.82) is 0 Å². The average molecular weight is 241 g/mol. The van der Waals surface area contributed by atoms with Crippen LogP contribution in [-0.4, -0.2) is 30.8 Å². The van der Waals surface area contributed by atoms with Crippen LogP contribution in [0.5, 0.6) is 0 Å². The Morgan fingerprint density at radius 2 is 2.29 bits per heavy atom. The van der Waals surface area contributed by atoms with E-state index < -0.39 is 11.8 Å². The largest absolute Gasteiger partial charge is 0.478 e. The van der Waals surface area contributed by atoms with Gasteiger partial charge < -0.3 is 15.2 Å². The van der Waals surface area contributed by atoms with E-state index in [0.29, 0.717) is 25.4 Å². The summed E-state index contributed by atoms with van der Waals surface area (Å²) in [4.78, 5) is 10.6. The van der Waals surface area contributed by atoms with Gasteiger partial charge in [-0.2, -0.15) is 0 Å². The minimum atomic E-state index is -1.13. The second-order valence-electron chi connectivity index (χ2n) is 3.48. The van der Waals surface area contributed by atoms with E-state index in [4.69, 9.17) is 9.84 Å². The molecule has 2 N–H and O–H groups in total. The van der Waals surface area contributed by atoms with Crippen molar-refractivity contribution in [2.75, 3.05) is 25.1 Å². The summed E-state index contributed by atoms with van der Waals surface area (Å²) >= 11 is 0. The van der Waals surface area contributed by atoms with Gasteiger partial charge in [-0.3, -0.25) is 0 Å². The lowest BCUT2D eigenvalue weighted by Gasteiger charge is -2.08. The van der Waals surface area contributed by atoms with Crippen molar-refractivity contribution >= 4 is 11.7 Å². The van der Waals surface area contributed by atoms with Crippen LogP contribution in [0.1, 0.15) is 23.7 Å². The first-order valence-electron chi connectivity index (χ1n) is 5.49. The van der Waals surface area contributed by atoms with Crippen LogP contribution in [0.3, 0.4) is 0 Å². The van der Waals surface area contributed by atoms with Crippen molar-refractivity contribution in [2.45, 2.75) is 13.3 Å². The lowest BCUT2D eigenvalue weighted by molar-refractivity contribution is 0.0696. The van der Waals surface area contributed by atoms with Gasteiger partial charge >= 0.3 is 5.97 Å². The number of nitrogens with one attached hydrogen (secondary N) is 1. The summed E-state index contributed by atoms with van der Waals surface area (Å²) in [6.07, 6.45) is 0.772. The molecule has 0 aliphatic carbocycles. The molecule has 5 heteroatoms. The predicted molar refractivity (Wildman–Crippen MR) is 63.0 cm³/mol. The van der Waals surface area contributed by atoms with Crippen molar-refractivity contribution in [3.8, 4) is 0 Å². The average Bonchev–Trinajstić information content (AvgIpc) is 2.30. The maximum Gasteiger partial charge on any atom is 0.335 e. The molecule has 0 bridgehead atoms. The Hall–Kier alpha value is -1.62. The molecule has 0 saturated carbocycles. The van der Waals surface area contributed by atoms with Crippen LogP contribution in [0.15, 0.2) is 18.2 Å². The van der Waals surface area contributed by atoms with Crippen LogP contribution in [-0.2, 0) is 4.74 Å². The summed E-state index contributed by atoms with van der Waals surface area (Å²) in [5.74, 6) is -1.69. The van der Waals surface area contributed by atoms with Crippen LogP contribution < -0.4 is 5.32 Å². The van der Waals surface area contributed by atoms with Gasteiger partial charge in [0.15, 0.2) is 0 Å². The van der Waals surface area contributed by atoms with Gasteiger partial charge in [-0.15, -0.1) is 0 Å². The summed E-state index contributed by atoms with van der Waals surface area (Å²) < 4.78 is 18.6. The van der Waals surface area contributed by atoms with E-state index in [9.17, 15) is 9.18 Å². The molecule has 1 aromatic rings. The third-order valence-corrected chi connectivity index (χ3v) is 2.20. The van der Waals surface area contributed by atoms with Crippen molar-refractivity contribution in [3.63, 3.8) is 0 Å². The van der Waals surface area contributed by atoms with Gasteiger partial charge in [0.2, 0.25) is 0 Å². The smallest absolute Gasteiger partial charge is 0.335 e. The van der Waals surface area contributed by atoms with Crippen molar-refractivity contribution in [2.24, 2.45) is 0 Å². The highest BCUT2D eigenvalue weighted by atomic mass is 19.1. The fraction of sp³-hybridized carbons (Fsp3) is 0.417. The highest BCUT2D eigenvalue weighted by Crippen LogP contribution is 2.15. The molecule has 0 amide bonds. The van der Waals surface area contributed by atoms with Gasteiger partial charge in [-0.05, 0) is 31.5 Å². The van der Waals surface area contributed by atoms with Crippen LogP contribution >= 0.6 is 0 Å². The lowest BCUT2D eigenvalue weighted by atomic mass is 10.2. The third-order valence-electron chi connectivity index (χ3n) is 2.20. The molecule has 0 spiro atoms. The van der Waals surface area contributed by atoms with E-state index in [1.165, 1.54) is 12.1 Å². The molecule has 1 aromatic carbocycles. The van der Waals surface area contributed by atoms with Crippen LogP contribution in [0.25, 0.3) is 0 Å². The maximum atomic E-state index is 13.4. The highest BCUT2D eigenvalue weighted by Gasteiger charge is 2.07. The number of carboxylic acid groups (broad SMARTS) is 1. The Kier molecular flexibility index (Phi) is 5.42. The topological polar surface area (TPSA) is 58.6 Å². The Morgan fingerprint density at radius 1 is 1.53 bits per heavy atom. The molecule has 94 valence electrons. The number of carboxylic acids is 1. The number of carbonyl (C=O) groups is 1. The van der Waals surface area contributed by atoms with Gasteiger partial charge in [0, 0.05) is 19.8 Å². The van der Waals surface area contributed by atoms with Crippen molar-refractivity contribution in [3.05, 3.63) is 29.6 Å². The quantitative estimate of drug-likeness (QED) is 0.719. The Bertz CT molecular complexity index is 382. The minimum absolute atomic E-state index is 0.0534. The lowest BCUT2D eigenvalue weighted by Crippen LogP contribution is -2.07. The van der Waals surface area contributed by atoms with E-state index in [0.717, 1.165) is 12.5 Å². The summed E-state index contributed by atoms with van der Waals surface area (Å²) in [6.45, 7) is 3.79. The number of rotatable bonds is 7. The number of benzene rings is 1. The van der Waals surface area contributed by atoms with Gasteiger partial charge in [-0.1, -0.05) is 0 Å². The third kappa shape index (κ3) is 4.40. The monoisotopic (exact) mass is 241 g/mol. The van der Waals surface area contributed by atoms with Gasteiger partial charge in [0.25, 0.3) is 0 Å². The molecule has 0 aliphatic rings. The van der Waals surface area contributed by atoms with Gasteiger partial charge in [0.05, 0.1) is 11.3 Å². The minimum Gasteiger partial charge on any atom is -0.478 e. The maximum absolute atomic E-state index is 13.4. The zero-order valence-corrected chi connectivity index (χ0v) is 9.70. The number of hydrogen-bond acceptors (Lipinski definition) is 3.